The van der Waals surface area contributed by atoms with E-state index >= 15 is 0 Å². The maximum atomic E-state index is 10.5. The first-order chi connectivity index (χ1) is 6.44. The SMILES string of the molecule is C[C@@]1(O)CC[C@H](OC(N)=O)[C@H](CO)C1. The first kappa shape index (κ1) is 11.3. The van der Waals surface area contributed by atoms with Gasteiger partial charge in [0.2, 0.25) is 0 Å². The average molecular weight is 203 g/mol. The molecule has 0 aromatic rings. The highest BCUT2D eigenvalue weighted by atomic mass is 16.6. The quantitative estimate of drug-likeness (QED) is 0.588. The lowest BCUT2D eigenvalue weighted by molar-refractivity contribution is -0.0682. The maximum Gasteiger partial charge on any atom is 0.404 e. The van der Waals surface area contributed by atoms with E-state index in [4.69, 9.17) is 15.6 Å². The molecule has 14 heavy (non-hydrogen) atoms. The van der Waals surface area contributed by atoms with Gasteiger partial charge in [-0.1, -0.05) is 0 Å². The molecule has 82 valence electrons. The molecule has 5 nitrogen and oxygen atoms in total. The maximum absolute atomic E-state index is 10.5. The lowest BCUT2D eigenvalue weighted by Gasteiger charge is -2.37. The highest BCUT2D eigenvalue weighted by molar-refractivity contribution is 5.64. The molecular weight excluding hydrogens is 186 g/mol. The number of hydrogen-bond acceptors (Lipinski definition) is 4. The molecule has 1 aliphatic carbocycles. The zero-order valence-electron chi connectivity index (χ0n) is 8.27. The molecule has 0 radical (unpaired) electrons. The van der Waals surface area contributed by atoms with Crippen LogP contribution in [0.3, 0.4) is 0 Å². The minimum absolute atomic E-state index is 0.103. The fraction of sp³-hybridized carbons (Fsp3) is 0.889. The van der Waals surface area contributed by atoms with Crippen LogP contribution in [0.15, 0.2) is 0 Å². The van der Waals surface area contributed by atoms with E-state index in [1.165, 1.54) is 0 Å². The number of nitrogens with two attached hydrogens (primary N) is 1. The van der Waals surface area contributed by atoms with Crippen molar-refractivity contribution in [2.24, 2.45) is 11.7 Å². The Morgan fingerprint density at radius 2 is 2.36 bits per heavy atom. The highest BCUT2D eigenvalue weighted by Crippen LogP contribution is 2.33. The second-order valence-corrected chi connectivity index (χ2v) is 4.16. The predicted octanol–water partition coefficient (Wildman–Crippen LogP) is -0.00630. The molecule has 0 spiro atoms. The Kier molecular flexibility index (Phi) is 3.34. The molecule has 3 atom stereocenters. The van der Waals surface area contributed by atoms with Crippen LogP contribution in [0.2, 0.25) is 0 Å². The highest BCUT2D eigenvalue weighted by Gasteiger charge is 2.37. The summed E-state index contributed by atoms with van der Waals surface area (Å²) in [6.45, 7) is 1.62. The summed E-state index contributed by atoms with van der Waals surface area (Å²) in [5.41, 5.74) is 4.13. The third-order valence-electron chi connectivity index (χ3n) is 2.70. The van der Waals surface area contributed by atoms with E-state index in [0.29, 0.717) is 19.3 Å². The third kappa shape index (κ3) is 2.85. The van der Waals surface area contributed by atoms with Gasteiger partial charge in [-0.15, -0.1) is 0 Å². The van der Waals surface area contributed by atoms with Crippen LogP contribution >= 0.6 is 0 Å². The molecule has 0 aromatic heterocycles. The van der Waals surface area contributed by atoms with Gasteiger partial charge < -0.3 is 20.7 Å². The minimum Gasteiger partial charge on any atom is -0.446 e. The summed E-state index contributed by atoms with van der Waals surface area (Å²) in [4.78, 5) is 10.5. The molecule has 0 saturated heterocycles. The number of amides is 1. The van der Waals surface area contributed by atoms with E-state index < -0.39 is 11.7 Å². The monoisotopic (exact) mass is 203 g/mol. The standard InChI is InChI=1S/C9H17NO4/c1-9(13)3-2-7(14-8(10)12)6(4-9)5-11/h6-7,11,13H,2-5H2,1H3,(H2,10,12)/t6-,7-,9+/m0/s1. The second kappa shape index (κ2) is 4.14. The van der Waals surface area contributed by atoms with Gasteiger partial charge in [-0.05, 0) is 26.2 Å². The van der Waals surface area contributed by atoms with Crippen molar-refractivity contribution in [3.05, 3.63) is 0 Å². The minimum atomic E-state index is -0.824. The van der Waals surface area contributed by atoms with Gasteiger partial charge in [-0.3, -0.25) is 0 Å². The van der Waals surface area contributed by atoms with Gasteiger partial charge in [0, 0.05) is 12.5 Å². The Labute approximate surface area is 82.9 Å². The van der Waals surface area contributed by atoms with Gasteiger partial charge in [0.15, 0.2) is 0 Å². The van der Waals surface area contributed by atoms with Crippen LogP contribution in [-0.2, 0) is 4.74 Å². The van der Waals surface area contributed by atoms with E-state index in [0.717, 1.165) is 0 Å². The molecule has 1 saturated carbocycles. The summed E-state index contributed by atoms with van der Waals surface area (Å²) in [6.07, 6.45) is 0.345. The number of ether oxygens (including phenoxy) is 1. The molecule has 5 heteroatoms. The Balaban J connectivity index is 2.57. The van der Waals surface area contributed by atoms with E-state index in [1.54, 1.807) is 6.92 Å². The molecule has 0 aliphatic heterocycles. The predicted molar refractivity (Wildman–Crippen MR) is 49.5 cm³/mol. The smallest absolute Gasteiger partial charge is 0.404 e. The second-order valence-electron chi connectivity index (χ2n) is 4.16. The fourth-order valence-corrected chi connectivity index (χ4v) is 1.97. The van der Waals surface area contributed by atoms with Crippen molar-refractivity contribution in [2.75, 3.05) is 6.61 Å². The topological polar surface area (TPSA) is 92.8 Å². The summed E-state index contributed by atoms with van der Waals surface area (Å²) >= 11 is 0. The number of aliphatic hydroxyl groups excluding tert-OH is 1. The zero-order valence-corrected chi connectivity index (χ0v) is 8.27. The largest absolute Gasteiger partial charge is 0.446 e. The van der Waals surface area contributed by atoms with Crippen molar-refractivity contribution in [1.82, 2.24) is 0 Å². The van der Waals surface area contributed by atoms with Gasteiger partial charge in [0.1, 0.15) is 6.10 Å². The van der Waals surface area contributed by atoms with Crippen LogP contribution in [0.1, 0.15) is 26.2 Å². The van der Waals surface area contributed by atoms with Crippen LogP contribution in [0, 0.1) is 5.92 Å². The number of aliphatic hydroxyl groups is 2. The normalized spacial score (nSPS) is 37.9. The molecule has 4 N–H and O–H groups in total. The number of rotatable bonds is 2. The third-order valence-corrected chi connectivity index (χ3v) is 2.70. The lowest BCUT2D eigenvalue weighted by atomic mass is 9.77. The van der Waals surface area contributed by atoms with Crippen LogP contribution in [0.5, 0.6) is 0 Å². The lowest BCUT2D eigenvalue weighted by Crippen LogP contribution is -2.43. The molecule has 0 bridgehead atoms. The van der Waals surface area contributed by atoms with Crippen molar-refractivity contribution in [3.8, 4) is 0 Å². The Hall–Kier alpha value is -0.810. The van der Waals surface area contributed by atoms with Crippen molar-refractivity contribution in [1.29, 1.82) is 0 Å². The summed E-state index contributed by atoms with van der Waals surface area (Å²) in [5.74, 6) is -0.216. The van der Waals surface area contributed by atoms with Crippen molar-refractivity contribution < 1.29 is 19.7 Å². The average Bonchev–Trinajstić information content (AvgIpc) is 2.07. The molecule has 1 rings (SSSR count). The summed E-state index contributed by atoms with van der Waals surface area (Å²) in [7, 11) is 0. The molecule has 0 unspecified atom stereocenters. The van der Waals surface area contributed by atoms with Gasteiger partial charge >= 0.3 is 6.09 Å². The van der Waals surface area contributed by atoms with Crippen molar-refractivity contribution in [2.45, 2.75) is 37.9 Å². The molecule has 1 fully saturated rings. The van der Waals surface area contributed by atoms with E-state index in [1.807, 2.05) is 0 Å². The molecule has 0 aromatic carbocycles. The fourth-order valence-electron chi connectivity index (χ4n) is 1.97. The number of carbonyl (C=O) groups is 1. The van der Waals surface area contributed by atoms with Gasteiger partial charge in [0.05, 0.1) is 5.60 Å². The van der Waals surface area contributed by atoms with Gasteiger partial charge in [-0.25, -0.2) is 4.79 Å². The van der Waals surface area contributed by atoms with Gasteiger partial charge in [0.25, 0.3) is 0 Å². The molecule has 1 amide bonds. The zero-order chi connectivity index (χ0) is 10.8. The van der Waals surface area contributed by atoms with Crippen LogP contribution in [-0.4, -0.2) is 34.6 Å². The number of carbonyl (C=O) groups excluding carboxylic acids is 1. The van der Waals surface area contributed by atoms with Crippen LogP contribution < -0.4 is 5.73 Å². The molecule has 1 aliphatic rings. The summed E-state index contributed by atoms with van der Waals surface area (Å²) in [6, 6.07) is 0. The van der Waals surface area contributed by atoms with E-state index in [9.17, 15) is 9.90 Å². The van der Waals surface area contributed by atoms with Gasteiger partial charge in [-0.2, -0.15) is 0 Å². The van der Waals surface area contributed by atoms with Crippen LogP contribution in [0.4, 0.5) is 4.79 Å². The molecule has 0 heterocycles. The first-order valence-electron chi connectivity index (χ1n) is 4.74. The number of primary amides is 1. The summed E-state index contributed by atoms with van der Waals surface area (Å²) in [5, 5.41) is 18.8. The Bertz CT molecular complexity index is 217. The summed E-state index contributed by atoms with van der Waals surface area (Å²) < 4.78 is 4.86. The molecular formula is C9H17NO4. The Morgan fingerprint density at radius 3 is 2.86 bits per heavy atom. The van der Waals surface area contributed by atoms with Crippen molar-refractivity contribution in [3.63, 3.8) is 0 Å². The van der Waals surface area contributed by atoms with Crippen LogP contribution in [0.25, 0.3) is 0 Å². The Morgan fingerprint density at radius 1 is 1.71 bits per heavy atom. The van der Waals surface area contributed by atoms with Crippen molar-refractivity contribution >= 4 is 6.09 Å². The number of hydrogen-bond donors (Lipinski definition) is 3. The van der Waals surface area contributed by atoms with E-state index in [-0.39, 0.29) is 18.6 Å². The first-order valence-corrected chi connectivity index (χ1v) is 4.74. The van der Waals surface area contributed by atoms with E-state index in [2.05, 4.69) is 0 Å².